The summed E-state index contributed by atoms with van der Waals surface area (Å²) in [4.78, 5) is 13.2. The summed E-state index contributed by atoms with van der Waals surface area (Å²) in [6, 6.07) is 0. The molecule has 0 amide bonds. The maximum Gasteiger partial charge on any atom is 0.312 e. The van der Waals surface area contributed by atoms with Crippen LogP contribution in [0.2, 0.25) is 0 Å². The van der Waals surface area contributed by atoms with Gasteiger partial charge < -0.3 is 9.84 Å². The first-order chi connectivity index (χ1) is 15.0. The van der Waals surface area contributed by atoms with Crippen molar-refractivity contribution in [2.24, 2.45) is 51.2 Å². The van der Waals surface area contributed by atoms with Gasteiger partial charge in [-0.15, -0.1) is 0 Å². The average molecular weight is 443 g/mol. The van der Waals surface area contributed by atoms with Crippen LogP contribution < -0.4 is 0 Å². The molecule has 10 atom stereocenters. The minimum atomic E-state index is -0.291. The molecule has 180 valence electrons. The fourth-order valence-corrected chi connectivity index (χ4v) is 10.3. The van der Waals surface area contributed by atoms with Gasteiger partial charge in [0.2, 0.25) is 0 Å². The van der Waals surface area contributed by atoms with E-state index < -0.39 is 0 Å². The second kappa shape index (κ2) is 7.33. The summed E-state index contributed by atoms with van der Waals surface area (Å²) in [7, 11) is 1.59. The number of hydrogen-bond donors (Lipinski definition) is 1. The Hall–Kier alpha value is -0.830. The number of aliphatic hydroxyl groups excluding tert-OH is 1. The lowest BCUT2D eigenvalue weighted by atomic mass is 9.35. The zero-order valence-corrected chi connectivity index (χ0v) is 21.4. The third-order valence-corrected chi connectivity index (χ3v) is 12.5. The van der Waals surface area contributed by atoms with E-state index in [0.29, 0.717) is 35.0 Å². The highest BCUT2D eigenvalue weighted by Gasteiger charge is 2.67. The maximum absolute atomic E-state index is 13.2. The number of ether oxygens (including phenoxy) is 1. The van der Waals surface area contributed by atoms with E-state index in [1.807, 2.05) is 0 Å². The molecule has 4 fully saturated rings. The summed E-state index contributed by atoms with van der Waals surface area (Å²) in [6.45, 7) is 12.4. The molecular formula is C29H46O3. The van der Waals surface area contributed by atoms with Gasteiger partial charge in [-0.2, -0.15) is 0 Å². The normalized spacial score (nSPS) is 54.9. The van der Waals surface area contributed by atoms with Crippen molar-refractivity contribution in [1.29, 1.82) is 0 Å². The third kappa shape index (κ3) is 2.72. The number of aliphatic hydroxyl groups is 1. The Bertz CT molecular complexity index is 817. The van der Waals surface area contributed by atoms with Crippen LogP contribution >= 0.6 is 0 Å². The maximum atomic E-state index is 13.2. The number of methoxy groups -OCH3 is 1. The van der Waals surface area contributed by atoms with Crippen LogP contribution in [0.1, 0.15) is 98.8 Å². The second-order valence-electron chi connectivity index (χ2n) is 13.4. The van der Waals surface area contributed by atoms with Gasteiger partial charge in [-0.1, -0.05) is 46.3 Å². The Balaban J connectivity index is 1.58. The largest absolute Gasteiger partial charge is 0.469 e. The monoisotopic (exact) mass is 442 g/mol. The average Bonchev–Trinajstić information content (AvgIpc) is 2.76. The zero-order valence-electron chi connectivity index (χ0n) is 21.4. The molecule has 0 bridgehead atoms. The summed E-state index contributed by atoms with van der Waals surface area (Å²) in [5.41, 5.74) is 2.08. The van der Waals surface area contributed by atoms with Gasteiger partial charge in [0.15, 0.2) is 0 Å². The van der Waals surface area contributed by atoms with Gasteiger partial charge in [0.05, 0.1) is 18.6 Å². The van der Waals surface area contributed by atoms with E-state index >= 15 is 0 Å². The molecule has 4 saturated carbocycles. The van der Waals surface area contributed by atoms with Crippen molar-refractivity contribution in [2.45, 2.75) is 105 Å². The Morgan fingerprint density at radius 3 is 2.50 bits per heavy atom. The Labute approximate surface area is 195 Å². The predicted molar refractivity (Wildman–Crippen MR) is 128 cm³/mol. The first-order valence-corrected chi connectivity index (χ1v) is 13.5. The highest BCUT2D eigenvalue weighted by Crippen LogP contribution is 2.74. The van der Waals surface area contributed by atoms with Crippen molar-refractivity contribution in [1.82, 2.24) is 0 Å². The molecule has 10 unspecified atom stereocenters. The van der Waals surface area contributed by atoms with E-state index in [1.54, 1.807) is 12.7 Å². The van der Waals surface area contributed by atoms with E-state index in [4.69, 9.17) is 4.74 Å². The molecule has 1 N–H and O–H groups in total. The lowest BCUT2D eigenvalue weighted by molar-refractivity contribution is -0.186. The number of fused-ring (bicyclic) bond motifs is 7. The Morgan fingerprint density at radius 2 is 1.78 bits per heavy atom. The van der Waals surface area contributed by atoms with E-state index in [9.17, 15) is 9.90 Å². The van der Waals surface area contributed by atoms with Crippen molar-refractivity contribution < 1.29 is 14.6 Å². The van der Waals surface area contributed by atoms with Crippen LogP contribution in [0.3, 0.4) is 0 Å². The molecule has 5 rings (SSSR count). The first-order valence-electron chi connectivity index (χ1n) is 13.5. The molecule has 5 aliphatic rings. The lowest BCUT2D eigenvalue weighted by Crippen LogP contribution is -2.63. The fraction of sp³-hybridized carbons (Fsp3) is 0.897. The molecule has 3 nitrogen and oxygen atoms in total. The number of esters is 1. The standard InChI is InChI=1S/C29H46O3/c1-18-9-14-29(25(31)32-6)16-15-27(4)21(22(29)17-18)7-8-24-26(3)12-11-23(30)19(2)20(26)10-13-28(24,27)5/h7,18-20,22-24,30H,8-17H2,1-6H3. The van der Waals surface area contributed by atoms with Crippen molar-refractivity contribution in [3.63, 3.8) is 0 Å². The van der Waals surface area contributed by atoms with Gasteiger partial charge in [0.1, 0.15) is 0 Å². The van der Waals surface area contributed by atoms with Gasteiger partial charge in [-0.05, 0) is 110 Å². The van der Waals surface area contributed by atoms with Gasteiger partial charge in [0.25, 0.3) is 0 Å². The molecule has 3 heteroatoms. The van der Waals surface area contributed by atoms with Gasteiger partial charge >= 0.3 is 5.97 Å². The van der Waals surface area contributed by atoms with Gasteiger partial charge in [-0.25, -0.2) is 0 Å². The van der Waals surface area contributed by atoms with E-state index in [2.05, 4.69) is 40.7 Å². The summed E-state index contributed by atoms with van der Waals surface area (Å²) in [5, 5.41) is 10.6. The fourth-order valence-electron chi connectivity index (χ4n) is 10.3. The molecule has 0 radical (unpaired) electrons. The smallest absolute Gasteiger partial charge is 0.312 e. The molecule has 0 aromatic carbocycles. The lowest BCUT2D eigenvalue weighted by Gasteiger charge is -2.69. The van der Waals surface area contributed by atoms with Crippen molar-refractivity contribution in [3.8, 4) is 0 Å². The molecule has 0 heterocycles. The first kappa shape index (κ1) is 22.9. The summed E-state index contributed by atoms with van der Waals surface area (Å²) in [6.07, 6.45) is 13.7. The number of carbonyl (C=O) groups is 1. The van der Waals surface area contributed by atoms with Crippen LogP contribution in [0, 0.1) is 51.2 Å². The number of hydrogen-bond acceptors (Lipinski definition) is 3. The second-order valence-corrected chi connectivity index (χ2v) is 13.4. The molecule has 0 saturated heterocycles. The van der Waals surface area contributed by atoms with Gasteiger partial charge in [0, 0.05) is 0 Å². The molecule has 0 aliphatic heterocycles. The van der Waals surface area contributed by atoms with Crippen LogP contribution in [0.4, 0.5) is 0 Å². The third-order valence-electron chi connectivity index (χ3n) is 12.5. The minimum Gasteiger partial charge on any atom is -0.469 e. The molecule has 32 heavy (non-hydrogen) atoms. The number of carbonyl (C=O) groups excluding carboxylic acids is 1. The van der Waals surface area contributed by atoms with Crippen LogP contribution in [-0.2, 0) is 9.53 Å². The molecule has 0 aromatic heterocycles. The molecular weight excluding hydrogens is 396 g/mol. The summed E-state index contributed by atoms with van der Waals surface area (Å²) >= 11 is 0. The van der Waals surface area contributed by atoms with E-state index in [1.165, 1.54) is 12.8 Å². The van der Waals surface area contributed by atoms with Crippen LogP contribution in [0.25, 0.3) is 0 Å². The van der Waals surface area contributed by atoms with E-state index in [-0.39, 0.29) is 28.3 Å². The van der Waals surface area contributed by atoms with Gasteiger partial charge in [-0.3, -0.25) is 4.79 Å². The van der Waals surface area contributed by atoms with Crippen LogP contribution in [0.15, 0.2) is 11.6 Å². The SMILES string of the molecule is COC(=O)C12CCC(C)CC1C1=CCC3C4(C)CCC(O)C(C)C4CCC3(C)C1(C)CC2. The van der Waals surface area contributed by atoms with Crippen molar-refractivity contribution in [2.75, 3.05) is 7.11 Å². The Kier molecular flexibility index (Phi) is 5.26. The van der Waals surface area contributed by atoms with Crippen LogP contribution in [0.5, 0.6) is 0 Å². The minimum absolute atomic E-state index is 0.0513. The van der Waals surface area contributed by atoms with Crippen LogP contribution in [-0.4, -0.2) is 24.3 Å². The predicted octanol–water partition coefficient (Wildman–Crippen LogP) is 6.54. The van der Waals surface area contributed by atoms with Crippen molar-refractivity contribution in [3.05, 3.63) is 11.6 Å². The molecule has 0 aromatic rings. The van der Waals surface area contributed by atoms with Crippen molar-refractivity contribution >= 4 is 5.97 Å². The molecule has 0 spiro atoms. The quantitative estimate of drug-likeness (QED) is 0.370. The number of allylic oxidation sites excluding steroid dienone is 2. The van der Waals surface area contributed by atoms with E-state index in [0.717, 1.165) is 51.4 Å². The Morgan fingerprint density at radius 1 is 1.03 bits per heavy atom. The molecule has 5 aliphatic carbocycles. The summed E-state index contributed by atoms with van der Waals surface area (Å²) in [5.74, 6) is 2.80. The highest BCUT2D eigenvalue weighted by molar-refractivity contribution is 5.78. The topological polar surface area (TPSA) is 46.5 Å². The zero-order chi connectivity index (χ0) is 23.1. The number of rotatable bonds is 1. The summed E-state index contributed by atoms with van der Waals surface area (Å²) < 4.78 is 5.45. The highest BCUT2D eigenvalue weighted by atomic mass is 16.5.